The van der Waals surface area contributed by atoms with Gasteiger partial charge in [0.15, 0.2) is 0 Å². The maximum Gasteiger partial charge on any atom is 0.356 e. The van der Waals surface area contributed by atoms with E-state index in [1.807, 2.05) is 12.2 Å². The number of hydrogen-bond acceptors (Lipinski definition) is 4. The Morgan fingerprint density at radius 1 is 1.47 bits per heavy atom. The van der Waals surface area contributed by atoms with Crippen LogP contribution in [-0.2, 0) is 9.36 Å². The minimum atomic E-state index is -4.72. The molecule has 0 aliphatic carbocycles. The first-order valence-corrected chi connectivity index (χ1v) is 7.30. The van der Waals surface area contributed by atoms with E-state index in [1.54, 1.807) is 0 Å². The molecule has 15 heavy (non-hydrogen) atoms. The number of rotatable bonds is 6. The fourth-order valence-corrected chi connectivity index (χ4v) is 2.48. The SMILES string of the molecule is CCCCC(=O)NC(P(O)O)P(=O)(O)O. The predicted octanol–water partition coefficient (Wildman–Crippen LogP) is 0.0506. The summed E-state index contributed by atoms with van der Waals surface area (Å²) in [6.45, 7) is 1.86. The molecule has 0 saturated heterocycles. The average molecular weight is 259 g/mol. The number of unbranched alkanes of at least 4 members (excludes halogenated alkanes) is 1. The summed E-state index contributed by atoms with van der Waals surface area (Å²) in [5, 5.41) is 1.92. The summed E-state index contributed by atoms with van der Waals surface area (Å²) in [7, 11) is -7.62. The Kier molecular flexibility index (Phi) is 6.52. The average Bonchev–Trinajstić information content (AvgIpc) is 2.08. The number of nitrogens with one attached hydrogen (secondary N) is 1. The van der Waals surface area contributed by atoms with Gasteiger partial charge in [-0.3, -0.25) is 9.36 Å². The Hall–Kier alpha value is -0.0300. The minimum absolute atomic E-state index is 0.107. The van der Waals surface area contributed by atoms with E-state index >= 15 is 0 Å². The van der Waals surface area contributed by atoms with Crippen LogP contribution in [-0.4, -0.2) is 31.0 Å². The van der Waals surface area contributed by atoms with Crippen molar-refractivity contribution in [3.63, 3.8) is 0 Å². The lowest BCUT2D eigenvalue weighted by Crippen LogP contribution is -2.33. The number of amides is 1. The van der Waals surface area contributed by atoms with Crippen LogP contribution in [0.2, 0.25) is 0 Å². The highest BCUT2D eigenvalue weighted by Crippen LogP contribution is 2.53. The van der Waals surface area contributed by atoms with E-state index in [0.29, 0.717) is 6.42 Å². The first kappa shape index (κ1) is 15.0. The van der Waals surface area contributed by atoms with Crippen molar-refractivity contribution in [2.45, 2.75) is 31.7 Å². The van der Waals surface area contributed by atoms with Crippen LogP contribution in [0.1, 0.15) is 26.2 Å². The molecule has 1 atom stereocenters. The number of hydrogen-bond donors (Lipinski definition) is 5. The van der Waals surface area contributed by atoms with E-state index in [-0.39, 0.29) is 6.42 Å². The van der Waals surface area contributed by atoms with Gasteiger partial charge >= 0.3 is 7.60 Å². The molecule has 0 aromatic rings. The van der Waals surface area contributed by atoms with Crippen molar-refractivity contribution in [2.24, 2.45) is 0 Å². The normalized spacial score (nSPS) is 14.0. The molecule has 0 aliphatic heterocycles. The monoisotopic (exact) mass is 259 g/mol. The summed E-state index contributed by atoms with van der Waals surface area (Å²) in [4.78, 5) is 46.0. The lowest BCUT2D eigenvalue weighted by Gasteiger charge is -2.20. The second-order valence-electron chi connectivity index (χ2n) is 2.95. The Morgan fingerprint density at radius 2 is 2.00 bits per heavy atom. The summed E-state index contributed by atoms with van der Waals surface area (Å²) in [5.41, 5.74) is -1.89. The van der Waals surface area contributed by atoms with Gasteiger partial charge in [-0.05, 0) is 6.42 Å². The zero-order valence-electron chi connectivity index (χ0n) is 8.20. The molecule has 0 spiro atoms. The highest BCUT2D eigenvalue weighted by atomic mass is 31.2. The molecule has 0 saturated carbocycles. The molecule has 0 aliphatic rings. The number of carbonyl (C=O) groups is 1. The zero-order chi connectivity index (χ0) is 12.1. The molecule has 0 aromatic carbocycles. The van der Waals surface area contributed by atoms with Crippen molar-refractivity contribution >= 4 is 21.9 Å². The topological polar surface area (TPSA) is 127 Å². The maximum absolute atomic E-state index is 11.1. The van der Waals surface area contributed by atoms with Gasteiger partial charge in [0.05, 0.1) is 0 Å². The minimum Gasteiger partial charge on any atom is -0.348 e. The molecule has 0 radical (unpaired) electrons. The van der Waals surface area contributed by atoms with E-state index in [4.69, 9.17) is 19.6 Å². The van der Waals surface area contributed by atoms with Crippen molar-refractivity contribution in [2.75, 3.05) is 0 Å². The molecule has 0 aromatic heterocycles. The first-order valence-electron chi connectivity index (χ1n) is 4.30. The van der Waals surface area contributed by atoms with Crippen molar-refractivity contribution in [1.29, 1.82) is 0 Å². The number of carbonyl (C=O) groups excluding carboxylic acids is 1. The molecular formula is C6H15NO6P2. The highest BCUT2D eigenvalue weighted by molar-refractivity contribution is 7.67. The van der Waals surface area contributed by atoms with Crippen molar-refractivity contribution in [3.8, 4) is 0 Å². The first-order chi connectivity index (χ1) is 6.79. The third-order valence-corrected chi connectivity index (χ3v) is 4.44. The molecule has 90 valence electrons. The Bertz CT molecular complexity index is 252. The van der Waals surface area contributed by atoms with Crippen LogP contribution < -0.4 is 5.32 Å². The summed E-state index contributed by atoms with van der Waals surface area (Å²) in [5.74, 6) is -0.597. The van der Waals surface area contributed by atoms with Gasteiger partial charge < -0.3 is 24.9 Å². The molecule has 5 N–H and O–H groups in total. The molecule has 9 heteroatoms. The van der Waals surface area contributed by atoms with Crippen LogP contribution in [0, 0.1) is 0 Å². The highest BCUT2D eigenvalue weighted by Gasteiger charge is 2.36. The summed E-state index contributed by atoms with van der Waals surface area (Å²) in [6, 6.07) is 0. The van der Waals surface area contributed by atoms with Gasteiger partial charge in [0, 0.05) is 6.42 Å². The van der Waals surface area contributed by atoms with Gasteiger partial charge in [-0.2, -0.15) is 0 Å². The molecule has 7 nitrogen and oxygen atoms in total. The lowest BCUT2D eigenvalue weighted by molar-refractivity contribution is -0.121. The Morgan fingerprint density at radius 3 is 2.33 bits per heavy atom. The standard InChI is InChI=1S/C6H15NO6P2/c1-2-3-4-5(8)7-6(14(9)10)15(11,12)13/h6,9-10H,2-4H2,1H3,(H,7,8)(H2,11,12,13). The van der Waals surface area contributed by atoms with Gasteiger partial charge in [-0.25, -0.2) is 0 Å². The predicted molar refractivity (Wildman–Crippen MR) is 54.9 cm³/mol. The van der Waals surface area contributed by atoms with Crippen molar-refractivity contribution in [1.82, 2.24) is 5.32 Å². The van der Waals surface area contributed by atoms with E-state index in [2.05, 4.69) is 0 Å². The smallest absolute Gasteiger partial charge is 0.348 e. The van der Waals surface area contributed by atoms with Crippen LogP contribution in [0.15, 0.2) is 0 Å². The van der Waals surface area contributed by atoms with Crippen molar-refractivity contribution in [3.05, 3.63) is 0 Å². The second-order valence-corrected chi connectivity index (χ2v) is 6.21. The largest absolute Gasteiger partial charge is 0.356 e. The van der Waals surface area contributed by atoms with Crippen LogP contribution in [0.25, 0.3) is 0 Å². The van der Waals surface area contributed by atoms with E-state index in [9.17, 15) is 9.36 Å². The summed E-state index contributed by atoms with van der Waals surface area (Å²) < 4.78 is 10.8. The fourth-order valence-electron chi connectivity index (χ4n) is 0.830. The van der Waals surface area contributed by atoms with Gasteiger partial charge in [0.2, 0.25) is 19.8 Å². The second kappa shape index (κ2) is 6.53. The third-order valence-electron chi connectivity index (χ3n) is 1.58. The van der Waals surface area contributed by atoms with E-state index in [1.165, 1.54) is 0 Å². The van der Waals surface area contributed by atoms with E-state index in [0.717, 1.165) is 6.42 Å². The van der Waals surface area contributed by atoms with Gasteiger partial charge in [-0.1, -0.05) is 13.3 Å². The quantitative estimate of drug-likeness (QED) is 0.429. The van der Waals surface area contributed by atoms with Crippen molar-refractivity contribution < 1.29 is 28.9 Å². The zero-order valence-corrected chi connectivity index (χ0v) is 9.99. The lowest BCUT2D eigenvalue weighted by atomic mass is 10.2. The molecule has 0 rings (SSSR count). The maximum atomic E-state index is 11.1. The molecular weight excluding hydrogens is 244 g/mol. The van der Waals surface area contributed by atoms with E-state index < -0.39 is 27.4 Å². The van der Waals surface area contributed by atoms with Gasteiger partial charge in [-0.15, -0.1) is 0 Å². The van der Waals surface area contributed by atoms with Crippen LogP contribution in [0.4, 0.5) is 0 Å². The Balaban J connectivity index is 4.31. The summed E-state index contributed by atoms with van der Waals surface area (Å²) in [6.07, 6.45) is 1.45. The molecule has 0 fully saturated rings. The van der Waals surface area contributed by atoms with Crippen LogP contribution in [0.5, 0.6) is 0 Å². The fraction of sp³-hybridized carbons (Fsp3) is 0.833. The van der Waals surface area contributed by atoms with Gasteiger partial charge in [0.25, 0.3) is 0 Å². The molecule has 1 amide bonds. The Labute approximate surface area is 88.6 Å². The third kappa shape index (κ3) is 6.20. The van der Waals surface area contributed by atoms with Gasteiger partial charge in [0.1, 0.15) is 0 Å². The summed E-state index contributed by atoms with van der Waals surface area (Å²) >= 11 is 0. The molecule has 1 unspecified atom stereocenters. The molecule has 0 bridgehead atoms. The van der Waals surface area contributed by atoms with Crippen LogP contribution in [0.3, 0.4) is 0 Å². The van der Waals surface area contributed by atoms with Crippen LogP contribution >= 0.6 is 16.0 Å². The molecule has 0 heterocycles.